The number of carbonyl (C=O) groups is 1. The van der Waals surface area contributed by atoms with Gasteiger partial charge in [-0.15, -0.1) is 0 Å². The van der Waals surface area contributed by atoms with Crippen molar-refractivity contribution in [3.8, 4) is 0 Å². The number of nitrogens with zero attached hydrogens (tertiary/aromatic N) is 2. The van der Waals surface area contributed by atoms with Gasteiger partial charge in [-0.05, 0) is 24.7 Å². The summed E-state index contributed by atoms with van der Waals surface area (Å²) in [6.45, 7) is 9.25. The Morgan fingerprint density at radius 1 is 1.09 bits per heavy atom. The van der Waals surface area contributed by atoms with Crippen molar-refractivity contribution in [1.82, 2.24) is 13.9 Å². The van der Waals surface area contributed by atoms with Crippen LogP contribution >= 0.6 is 0 Å². The van der Waals surface area contributed by atoms with E-state index in [-0.39, 0.29) is 17.9 Å². The summed E-state index contributed by atoms with van der Waals surface area (Å²) in [6, 6.07) is 0.163. The van der Waals surface area contributed by atoms with E-state index < -0.39 is 10.2 Å². The fourth-order valence-corrected chi connectivity index (χ4v) is 4.10. The Bertz CT molecular complexity index is 458. The van der Waals surface area contributed by atoms with Crippen LogP contribution in [-0.4, -0.2) is 56.2 Å². The number of piperidine rings is 1. The molecule has 7 heteroatoms. The van der Waals surface area contributed by atoms with Gasteiger partial charge in [-0.1, -0.05) is 27.7 Å². The van der Waals surface area contributed by atoms with Crippen molar-refractivity contribution in [3.63, 3.8) is 0 Å². The minimum atomic E-state index is -3.36. The van der Waals surface area contributed by atoms with Crippen molar-refractivity contribution >= 4 is 16.1 Å². The molecule has 0 saturated carbocycles. The highest BCUT2D eigenvalue weighted by atomic mass is 32.2. The maximum absolute atomic E-state index is 12.4. The van der Waals surface area contributed by atoms with Gasteiger partial charge >= 0.3 is 0 Å². The van der Waals surface area contributed by atoms with Crippen LogP contribution in [0.5, 0.6) is 0 Å². The monoisotopic (exact) mass is 333 g/mol. The molecule has 22 heavy (non-hydrogen) atoms. The topological polar surface area (TPSA) is 69.7 Å². The van der Waals surface area contributed by atoms with Crippen molar-refractivity contribution in [2.75, 3.05) is 27.2 Å². The molecule has 0 spiro atoms. The third-order valence-corrected chi connectivity index (χ3v) is 6.30. The predicted molar refractivity (Wildman–Crippen MR) is 88.5 cm³/mol. The molecule has 1 N–H and O–H groups in total. The van der Waals surface area contributed by atoms with Gasteiger partial charge in [-0.2, -0.15) is 17.0 Å². The van der Waals surface area contributed by atoms with Gasteiger partial charge in [0.15, 0.2) is 0 Å². The van der Waals surface area contributed by atoms with Crippen LogP contribution in [0.25, 0.3) is 0 Å². The third kappa shape index (κ3) is 4.67. The molecular formula is C15H31N3O3S. The highest BCUT2D eigenvalue weighted by Gasteiger charge is 2.33. The van der Waals surface area contributed by atoms with Gasteiger partial charge in [-0.3, -0.25) is 4.79 Å². The number of amides is 1. The molecular weight excluding hydrogens is 302 g/mol. The SMILES string of the molecule is CC(C)C(NC(=O)C1CCN(S(=O)(=O)N(C)C)CC1)C(C)C. The van der Waals surface area contributed by atoms with Crippen LogP contribution in [0.15, 0.2) is 0 Å². The first-order chi connectivity index (χ1) is 10.1. The first-order valence-electron chi connectivity index (χ1n) is 8.05. The van der Waals surface area contributed by atoms with Crippen LogP contribution in [-0.2, 0) is 15.0 Å². The van der Waals surface area contributed by atoms with Gasteiger partial charge in [0.2, 0.25) is 5.91 Å². The van der Waals surface area contributed by atoms with E-state index in [1.54, 1.807) is 0 Å². The van der Waals surface area contributed by atoms with E-state index in [0.29, 0.717) is 37.8 Å². The molecule has 130 valence electrons. The van der Waals surface area contributed by atoms with Crippen molar-refractivity contribution in [2.24, 2.45) is 17.8 Å². The first kappa shape index (κ1) is 19.4. The van der Waals surface area contributed by atoms with E-state index in [0.717, 1.165) is 0 Å². The predicted octanol–water partition coefficient (Wildman–Crippen LogP) is 1.30. The summed E-state index contributed by atoms with van der Waals surface area (Å²) in [7, 11) is -0.301. The fourth-order valence-electron chi connectivity index (χ4n) is 2.96. The Kier molecular flexibility index (Phi) is 6.83. The molecule has 0 unspecified atom stereocenters. The largest absolute Gasteiger partial charge is 0.353 e. The molecule has 0 aromatic rings. The zero-order valence-corrected chi connectivity index (χ0v) is 15.5. The normalized spacial score (nSPS) is 18.6. The standard InChI is InChI=1S/C15H31N3O3S/c1-11(2)14(12(3)4)16-15(19)13-7-9-18(10-8-13)22(20,21)17(5)6/h11-14H,7-10H2,1-6H3,(H,16,19). The highest BCUT2D eigenvalue weighted by molar-refractivity contribution is 7.86. The second-order valence-corrected chi connectivity index (χ2v) is 9.13. The Balaban J connectivity index is 2.59. The van der Waals surface area contributed by atoms with Crippen molar-refractivity contribution in [1.29, 1.82) is 0 Å². The maximum Gasteiger partial charge on any atom is 0.281 e. The zero-order chi connectivity index (χ0) is 17.1. The van der Waals surface area contributed by atoms with Crippen molar-refractivity contribution in [3.05, 3.63) is 0 Å². The summed E-state index contributed by atoms with van der Waals surface area (Å²) >= 11 is 0. The van der Waals surface area contributed by atoms with Crippen LogP contribution < -0.4 is 5.32 Å². The van der Waals surface area contributed by atoms with Crippen molar-refractivity contribution < 1.29 is 13.2 Å². The number of hydrogen-bond donors (Lipinski definition) is 1. The minimum absolute atomic E-state index is 0.0642. The molecule has 0 bridgehead atoms. The molecule has 6 nitrogen and oxygen atoms in total. The summed E-state index contributed by atoms with van der Waals surface area (Å²) < 4.78 is 26.8. The maximum atomic E-state index is 12.4. The summed E-state index contributed by atoms with van der Waals surface area (Å²) in [5.41, 5.74) is 0. The second-order valence-electron chi connectivity index (χ2n) is 6.99. The Hall–Kier alpha value is -0.660. The summed E-state index contributed by atoms with van der Waals surface area (Å²) in [4.78, 5) is 12.4. The fraction of sp³-hybridized carbons (Fsp3) is 0.933. The van der Waals surface area contributed by atoms with E-state index in [1.807, 2.05) is 0 Å². The van der Waals surface area contributed by atoms with E-state index in [9.17, 15) is 13.2 Å². The van der Waals surface area contributed by atoms with Crippen LogP contribution in [0.1, 0.15) is 40.5 Å². The van der Waals surface area contributed by atoms with Gasteiger partial charge in [-0.25, -0.2) is 0 Å². The summed E-state index contributed by atoms with van der Waals surface area (Å²) in [6.07, 6.45) is 1.17. The molecule has 1 aliphatic heterocycles. The molecule has 1 rings (SSSR count). The molecule has 0 atom stereocenters. The van der Waals surface area contributed by atoms with Crippen LogP contribution in [0.2, 0.25) is 0 Å². The number of carbonyl (C=O) groups excluding carboxylic acids is 1. The highest BCUT2D eigenvalue weighted by Crippen LogP contribution is 2.22. The number of rotatable bonds is 6. The van der Waals surface area contributed by atoms with Crippen LogP contribution in [0.3, 0.4) is 0 Å². The molecule has 1 aliphatic rings. The van der Waals surface area contributed by atoms with Gasteiger partial charge in [0.05, 0.1) is 0 Å². The quantitative estimate of drug-likeness (QED) is 0.796. The Labute approximate surface area is 135 Å². The van der Waals surface area contributed by atoms with Gasteiger partial charge in [0.25, 0.3) is 10.2 Å². The van der Waals surface area contributed by atoms with Crippen LogP contribution in [0.4, 0.5) is 0 Å². The zero-order valence-electron chi connectivity index (χ0n) is 14.7. The van der Waals surface area contributed by atoms with E-state index in [2.05, 4.69) is 33.0 Å². The molecule has 0 aromatic heterocycles. The number of hydrogen-bond acceptors (Lipinski definition) is 3. The lowest BCUT2D eigenvalue weighted by Crippen LogP contribution is -2.49. The minimum Gasteiger partial charge on any atom is -0.353 e. The lowest BCUT2D eigenvalue weighted by atomic mass is 9.91. The van der Waals surface area contributed by atoms with Crippen molar-refractivity contribution in [2.45, 2.75) is 46.6 Å². The average Bonchev–Trinajstić information content (AvgIpc) is 2.43. The Morgan fingerprint density at radius 3 is 1.91 bits per heavy atom. The molecule has 1 saturated heterocycles. The molecule has 0 aliphatic carbocycles. The molecule has 1 fully saturated rings. The average molecular weight is 333 g/mol. The first-order valence-corrected chi connectivity index (χ1v) is 9.45. The third-order valence-electron chi connectivity index (χ3n) is 4.36. The van der Waals surface area contributed by atoms with Gasteiger partial charge in [0, 0.05) is 39.1 Å². The molecule has 1 heterocycles. The lowest BCUT2D eigenvalue weighted by Gasteiger charge is -2.34. The second kappa shape index (κ2) is 7.75. The van der Waals surface area contributed by atoms with E-state index in [4.69, 9.17) is 0 Å². The Morgan fingerprint density at radius 2 is 1.55 bits per heavy atom. The van der Waals surface area contributed by atoms with Gasteiger partial charge < -0.3 is 5.32 Å². The summed E-state index contributed by atoms with van der Waals surface area (Å²) in [5, 5.41) is 3.14. The van der Waals surface area contributed by atoms with Gasteiger partial charge in [0.1, 0.15) is 0 Å². The lowest BCUT2D eigenvalue weighted by molar-refractivity contribution is -0.127. The number of nitrogens with one attached hydrogen (secondary N) is 1. The van der Waals surface area contributed by atoms with E-state index in [1.165, 1.54) is 22.7 Å². The molecule has 0 radical (unpaired) electrons. The van der Waals surface area contributed by atoms with Crippen LogP contribution in [0, 0.1) is 17.8 Å². The smallest absolute Gasteiger partial charge is 0.281 e. The summed E-state index contributed by atoms with van der Waals surface area (Å²) in [5.74, 6) is 0.749. The van der Waals surface area contributed by atoms with E-state index >= 15 is 0 Å². The molecule has 1 amide bonds. The molecule has 0 aromatic carbocycles.